The van der Waals surface area contributed by atoms with Crippen LogP contribution >= 0.6 is 0 Å². The second-order valence-corrected chi connectivity index (χ2v) is 6.68. The van der Waals surface area contributed by atoms with Gasteiger partial charge in [0.1, 0.15) is 0 Å². The molecule has 1 aliphatic carbocycles. The Morgan fingerprint density at radius 2 is 1.72 bits per heavy atom. The van der Waals surface area contributed by atoms with Gasteiger partial charge in [-0.05, 0) is 54.7 Å². The van der Waals surface area contributed by atoms with Gasteiger partial charge in [-0.2, -0.15) is 13.2 Å². The summed E-state index contributed by atoms with van der Waals surface area (Å²) in [5, 5.41) is 0. The molecule has 132 valence electrons. The first-order valence-electron chi connectivity index (χ1n) is 8.01. The van der Waals surface area contributed by atoms with Gasteiger partial charge in [-0.25, -0.2) is 0 Å². The van der Waals surface area contributed by atoms with E-state index in [4.69, 9.17) is 0 Å². The average Bonchev–Trinajstić information content (AvgIpc) is 2.68. The second kappa shape index (κ2) is 5.86. The number of carbonyl (C=O) groups is 2. The third-order valence-electron chi connectivity index (χ3n) is 5.00. The Bertz CT molecular complexity index is 790. The molecule has 1 spiro atoms. The summed E-state index contributed by atoms with van der Waals surface area (Å²) in [6.45, 7) is 3.70. The number of fused-ring (bicyclic) bond motifs is 2. The van der Waals surface area contributed by atoms with E-state index in [1.165, 1.54) is 12.2 Å². The molecule has 1 aromatic rings. The number of alkyl halides is 3. The molecule has 1 heterocycles. The molecule has 0 saturated carbocycles. The van der Waals surface area contributed by atoms with Crippen molar-refractivity contribution >= 4 is 11.7 Å². The lowest BCUT2D eigenvalue weighted by Crippen LogP contribution is -2.41. The minimum atomic E-state index is -4.90. The van der Waals surface area contributed by atoms with Gasteiger partial charge in [0, 0.05) is 18.5 Å². The van der Waals surface area contributed by atoms with E-state index in [9.17, 15) is 22.8 Å². The Kier molecular flexibility index (Phi) is 4.09. The van der Waals surface area contributed by atoms with Gasteiger partial charge in [-0.3, -0.25) is 9.59 Å². The SMILES string of the molecule is Cc1cc2c(cc1C)C1(C=CC(=O)C=C1)CCN(C(=O)C(F)(F)F)C2. The fourth-order valence-electron chi connectivity index (χ4n) is 3.45. The van der Waals surface area contributed by atoms with Gasteiger partial charge >= 0.3 is 12.1 Å². The van der Waals surface area contributed by atoms with E-state index in [-0.39, 0.29) is 18.9 Å². The number of ketones is 1. The van der Waals surface area contributed by atoms with E-state index in [1.54, 1.807) is 12.2 Å². The topological polar surface area (TPSA) is 37.4 Å². The molecule has 2 aliphatic rings. The normalized spacial score (nSPS) is 19.1. The highest BCUT2D eigenvalue weighted by Crippen LogP contribution is 2.40. The summed E-state index contributed by atoms with van der Waals surface area (Å²) in [5.41, 5.74) is 2.85. The maximum absolute atomic E-state index is 12.9. The number of hydrogen-bond acceptors (Lipinski definition) is 2. The molecular weight excluding hydrogens is 331 g/mol. The van der Waals surface area contributed by atoms with Crippen LogP contribution in [-0.2, 0) is 21.5 Å². The minimum absolute atomic E-state index is 0.0337. The Labute approximate surface area is 143 Å². The van der Waals surface area contributed by atoms with Crippen molar-refractivity contribution in [2.45, 2.75) is 38.4 Å². The van der Waals surface area contributed by atoms with Gasteiger partial charge in [-0.15, -0.1) is 0 Å². The highest BCUT2D eigenvalue weighted by molar-refractivity contribution is 6.00. The molecule has 0 unspecified atom stereocenters. The number of benzene rings is 1. The third kappa shape index (κ3) is 3.13. The Hall–Kier alpha value is -2.37. The summed E-state index contributed by atoms with van der Waals surface area (Å²) in [6, 6.07) is 3.79. The fourth-order valence-corrected chi connectivity index (χ4v) is 3.45. The average molecular weight is 349 g/mol. The van der Waals surface area contributed by atoms with Crippen LogP contribution in [0.15, 0.2) is 36.4 Å². The van der Waals surface area contributed by atoms with Crippen LogP contribution in [0.5, 0.6) is 0 Å². The molecule has 0 N–H and O–H groups in total. The minimum Gasteiger partial charge on any atom is -0.330 e. The highest BCUT2D eigenvalue weighted by atomic mass is 19.4. The van der Waals surface area contributed by atoms with Crippen LogP contribution < -0.4 is 0 Å². The van der Waals surface area contributed by atoms with Gasteiger partial charge in [0.05, 0.1) is 0 Å². The predicted molar refractivity (Wildman–Crippen MR) is 87.0 cm³/mol. The molecule has 0 radical (unpaired) electrons. The zero-order valence-corrected chi connectivity index (χ0v) is 14.0. The molecular formula is C19H18F3NO2. The third-order valence-corrected chi connectivity index (χ3v) is 5.00. The van der Waals surface area contributed by atoms with Crippen molar-refractivity contribution in [1.29, 1.82) is 0 Å². The maximum atomic E-state index is 12.9. The number of rotatable bonds is 0. The van der Waals surface area contributed by atoms with E-state index < -0.39 is 17.5 Å². The first-order valence-corrected chi connectivity index (χ1v) is 8.01. The molecule has 0 saturated heterocycles. The van der Waals surface area contributed by atoms with Gasteiger partial charge < -0.3 is 4.90 Å². The first-order chi connectivity index (χ1) is 11.6. The molecule has 0 aromatic heterocycles. The zero-order chi connectivity index (χ0) is 18.4. The number of aryl methyl sites for hydroxylation is 2. The van der Waals surface area contributed by atoms with Crippen LogP contribution in [0.4, 0.5) is 13.2 Å². The second-order valence-electron chi connectivity index (χ2n) is 6.68. The van der Waals surface area contributed by atoms with Crippen molar-refractivity contribution in [2.24, 2.45) is 0 Å². The summed E-state index contributed by atoms with van der Waals surface area (Å²) in [6.07, 6.45) is 1.77. The molecule has 0 atom stereocenters. The fraction of sp³-hybridized carbons (Fsp3) is 0.368. The maximum Gasteiger partial charge on any atom is 0.471 e. The van der Waals surface area contributed by atoms with Crippen LogP contribution in [0, 0.1) is 13.8 Å². The van der Waals surface area contributed by atoms with E-state index in [0.29, 0.717) is 12.0 Å². The van der Waals surface area contributed by atoms with Gasteiger partial charge in [-0.1, -0.05) is 24.3 Å². The van der Waals surface area contributed by atoms with E-state index in [1.807, 2.05) is 26.0 Å². The predicted octanol–water partition coefficient (Wildman–Crippen LogP) is 3.53. The number of nitrogens with zero attached hydrogens (tertiary/aromatic N) is 1. The summed E-state index contributed by atoms with van der Waals surface area (Å²) < 4.78 is 38.7. The number of hydrogen-bond donors (Lipinski definition) is 0. The monoisotopic (exact) mass is 349 g/mol. The molecule has 3 rings (SSSR count). The lowest BCUT2D eigenvalue weighted by Gasteiger charge is -2.30. The van der Waals surface area contributed by atoms with E-state index in [2.05, 4.69) is 0 Å². The standard InChI is InChI=1S/C19H18F3NO2/c1-12-9-14-11-23(17(25)19(20,21)22)8-7-18(16(14)10-13(12)2)5-3-15(24)4-6-18/h3-6,9-10H,7-8,11H2,1-2H3. The molecule has 1 aromatic carbocycles. The van der Waals surface area contributed by atoms with E-state index >= 15 is 0 Å². The van der Waals surface area contributed by atoms with E-state index in [0.717, 1.165) is 21.6 Å². The van der Waals surface area contributed by atoms with Crippen LogP contribution in [-0.4, -0.2) is 29.3 Å². The lowest BCUT2D eigenvalue weighted by molar-refractivity contribution is -0.186. The van der Waals surface area contributed by atoms with Crippen LogP contribution in [0.1, 0.15) is 28.7 Å². The van der Waals surface area contributed by atoms with Crippen molar-refractivity contribution in [2.75, 3.05) is 6.54 Å². The number of carbonyl (C=O) groups excluding carboxylic acids is 2. The zero-order valence-electron chi connectivity index (χ0n) is 14.0. The molecule has 6 heteroatoms. The molecule has 0 bridgehead atoms. The Morgan fingerprint density at radius 3 is 2.32 bits per heavy atom. The summed E-state index contributed by atoms with van der Waals surface area (Å²) in [7, 11) is 0. The Balaban J connectivity index is 2.11. The Morgan fingerprint density at radius 1 is 1.12 bits per heavy atom. The number of allylic oxidation sites excluding steroid dienone is 4. The van der Waals surface area contributed by atoms with Crippen LogP contribution in [0.2, 0.25) is 0 Å². The van der Waals surface area contributed by atoms with Crippen molar-refractivity contribution in [3.05, 3.63) is 58.7 Å². The lowest BCUT2D eigenvalue weighted by atomic mass is 9.73. The molecule has 3 nitrogen and oxygen atoms in total. The highest BCUT2D eigenvalue weighted by Gasteiger charge is 2.45. The summed E-state index contributed by atoms with van der Waals surface area (Å²) in [4.78, 5) is 24.1. The molecule has 1 aliphatic heterocycles. The summed E-state index contributed by atoms with van der Waals surface area (Å²) >= 11 is 0. The largest absolute Gasteiger partial charge is 0.471 e. The smallest absolute Gasteiger partial charge is 0.330 e. The van der Waals surface area contributed by atoms with Crippen molar-refractivity contribution in [3.8, 4) is 0 Å². The van der Waals surface area contributed by atoms with Gasteiger partial charge in [0.25, 0.3) is 0 Å². The van der Waals surface area contributed by atoms with Crippen molar-refractivity contribution < 1.29 is 22.8 Å². The van der Waals surface area contributed by atoms with Crippen LogP contribution in [0.3, 0.4) is 0 Å². The van der Waals surface area contributed by atoms with Crippen LogP contribution in [0.25, 0.3) is 0 Å². The number of amides is 1. The van der Waals surface area contributed by atoms with Crippen molar-refractivity contribution in [3.63, 3.8) is 0 Å². The van der Waals surface area contributed by atoms with Crippen molar-refractivity contribution in [1.82, 2.24) is 4.90 Å². The molecule has 1 amide bonds. The quantitative estimate of drug-likeness (QED) is 0.719. The van der Waals surface area contributed by atoms with Gasteiger partial charge in [0.2, 0.25) is 0 Å². The number of halogens is 3. The van der Waals surface area contributed by atoms with Gasteiger partial charge in [0.15, 0.2) is 5.78 Å². The molecule has 0 fully saturated rings. The summed E-state index contributed by atoms with van der Waals surface area (Å²) in [5.74, 6) is -1.97. The first kappa shape index (κ1) is 17.5. The molecule has 25 heavy (non-hydrogen) atoms.